The number of hydrogen-bond donors (Lipinski definition) is 1. The standard InChI is InChI=1S/C16H23N3O/c1-5-8-16(4,17)15-18-14(19-20-15)10-13-7-6-11(2)12(3)9-13/h6-7,9H,5,8,10,17H2,1-4H3. The van der Waals surface area contributed by atoms with Crippen LogP contribution < -0.4 is 5.73 Å². The van der Waals surface area contributed by atoms with Gasteiger partial charge in [-0.05, 0) is 43.9 Å². The van der Waals surface area contributed by atoms with Crippen LogP contribution in [0.2, 0.25) is 0 Å². The molecule has 4 heteroatoms. The van der Waals surface area contributed by atoms with E-state index in [1.165, 1.54) is 16.7 Å². The van der Waals surface area contributed by atoms with Crippen LogP contribution in [0.15, 0.2) is 22.7 Å². The maximum absolute atomic E-state index is 6.20. The van der Waals surface area contributed by atoms with Crippen molar-refractivity contribution < 1.29 is 4.52 Å². The topological polar surface area (TPSA) is 64.9 Å². The Bertz CT molecular complexity index is 587. The second-order valence-electron chi connectivity index (χ2n) is 5.78. The third kappa shape index (κ3) is 3.25. The Morgan fingerprint density at radius 1 is 1.25 bits per heavy atom. The van der Waals surface area contributed by atoms with Crippen molar-refractivity contribution in [3.63, 3.8) is 0 Å². The lowest BCUT2D eigenvalue weighted by Crippen LogP contribution is -2.33. The number of rotatable bonds is 5. The summed E-state index contributed by atoms with van der Waals surface area (Å²) in [6, 6.07) is 6.39. The Morgan fingerprint density at radius 3 is 2.65 bits per heavy atom. The van der Waals surface area contributed by atoms with Crippen LogP contribution in [0.4, 0.5) is 0 Å². The molecule has 0 radical (unpaired) electrons. The molecule has 0 amide bonds. The first-order valence-electron chi connectivity index (χ1n) is 7.10. The van der Waals surface area contributed by atoms with Crippen molar-refractivity contribution in [1.82, 2.24) is 10.1 Å². The number of benzene rings is 1. The molecule has 0 bridgehead atoms. The Labute approximate surface area is 120 Å². The van der Waals surface area contributed by atoms with Gasteiger partial charge in [0.1, 0.15) is 0 Å². The highest BCUT2D eigenvalue weighted by Gasteiger charge is 2.27. The van der Waals surface area contributed by atoms with E-state index >= 15 is 0 Å². The first-order valence-corrected chi connectivity index (χ1v) is 7.10. The zero-order chi connectivity index (χ0) is 14.8. The second-order valence-corrected chi connectivity index (χ2v) is 5.78. The van der Waals surface area contributed by atoms with Gasteiger partial charge in [-0.25, -0.2) is 0 Å². The average molecular weight is 273 g/mol. The molecule has 0 saturated carbocycles. The summed E-state index contributed by atoms with van der Waals surface area (Å²) < 4.78 is 5.32. The van der Waals surface area contributed by atoms with Gasteiger partial charge in [0, 0.05) is 6.42 Å². The molecule has 0 fully saturated rings. The second kappa shape index (κ2) is 5.75. The summed E-state index contributed by atoms with van der Waals surface area (Å²) in [5.74, 6) is 1.22. The van der Waals surface area contributed by atoms with Gasteiger partial charge in [-0.1, -0.05) is 36.7 Å². The summed E-state index contributed by atoms with van der Waals surface area (Å²) >= 11 is 0. The summed E-state index contributed by atoms with van der Waals surface area (Å²) in [7, 11) is 0. The minimum Gasteiger partial charge on any atom is -0.337 e. The van der Waals surface area contributed by atoms with Crippen molar-refractivity contribution in [2.75, 3.05) is 0 Å². The van der Waals surface area contributed by atoms with Crippen LogP contribution in [0.1, 0.15) is 55.1 Å². The fraction of sp³-hybridized carbons (Fsp3) is 0.500. The van der Waals surface area contributed by atoms with E-state index in [-0.39, 0.29) is 0 Å². The molecule has 2 rings (SSSR count). The molecule has 2 aromatic rings. The molecule has 2 N–H and O–H groups in total. The highest BCUT2D eigenvalue weighted by atomic mass is 16.5. The molecule has 20 heavy (non-hydrogen) atoms. The number of hydrogen-bond acceptors (Lipinski definition) is 4. The van der Waals surface area contributed by atoms with Gasteiger partial charge in [0.25, 0.3) is 0 Å². The molecule has 1 heterocycles. The minimum absolute atomic E-state index is 0.526. The third-order valence-electron chi connectivity index (χ3n) is 3.66. The molecule has 0 aliphatic heterocycles. The normalized spacial score (nSPS) is 14.2. The van der Waals surface area contributed by atoms with Crippen molar-refractivity contribution in [2.24, 2.45) is 5.73 Å². The van der Waals surface area contributed by atoms with Crippen LogP contribution >= 0.6 is 0 Å². The Hall–Kier alpha value is -1.68. The van der Waals surface area contributed by atoms with Crippen LogP contribution in [0.25, 0.3) is 0 Å². The fourth-order valence-corrected chi connectivity index (χ4v) is 2.28. The third-order valence-corrected chi connectivity index (χ3v) is 3.66. The maximum atomic E-state index is 6.20. The van der Waals surface area contributed by atoms with E-state index in [0.717, 1.165) is 12.8 Å². The van der Waals surface area contributed by atoms with Crippen molar-refractivity contribution in [1.29, 1.82) is 0 Å². The fourth-order valence-electron chi connectivity index (χ4n) is 2.28. The zero-order valence-corrected chi connectivity index (χ0v) is 12.7. The molecular formula is C16H23N3O. The van der Waals surface area contributed by atoms with E-state index < -0.39 is 5.54 Å². The summed E-state index contributed by atoms with van der Waals surface area (Å²) in [6.07, 6.45) is 2.49. The predicted molar refractivity (Wildman–Crippen MR) is 79.5 cm³/mol. The van der Waals surface area contributed by atoms with Crippen molar-refractivity contribution in [2.45, 2.75) is 52.5 Å². The summed E-state index contributed by atoms with van der Waals surface area (Å²) in [5, 5.41) is 4.05. The van der Waals surface area contributed by atoms with E-state index in [1.54, 1.807) is 0 Å². The van der Waals surface area contributed by atoms with E-state index in [4.69, 9.17) is 10.3 Å². The van der Waals surface area contributed by atoms with Gasteiger partial charge >= 0.3 is 0 Å². The molecule has 0 spiro atoms. The largest absolute Gasteiger partial charge is 0.337 e. The quantitative estimate of drug-likeness (QED) is 0.908. The summed E-state index contributed by atoms with van der Waals surface area (Å²) in [4.78, 5) is 4.45. The van der Waals surface area contributed by atoms with E-state index in [1.807, 2.05) is 6.92 Å². The van der Waals surface area contributed by atoms with E-state index in [0.29, 0.717) is 18.1 Å². The van der Waals surface area contributed by atoms with Gasteiger partial charge < -0.3 is 10.3 Å². The van der Waals surface area contributed by atoms with Gasteiger partial charge in [-0.15, -0.1) is 0 Å². The molecule has 4 nitrogen and oxygen atoms in total. The highest BCUT2D eigenvalue weighted by molar-refractivity contribution is 5.31. The van der Waals surface area contributed by atoms with Gasteiger partial charge in [0.2, 0.25) is 5.89 Å². The lowest BCUT2D eigenvalue weighted by Gasteiger charge is -2.18. The first kappa shape index (κ1) is 14.7. The van der Waals surface area contributed by atoms with Crippen LogP contribution in [-0.4, -0.2) is 10.1 Å². The number of aryl methyl sites for hydroxylation is 2. The van der Waals surface area contributed by atoms with Gasteiger partial charge in [0.15, 0.2) is 5.82 Å². The zero-order valence-electron chi connectivity index (χ0n) is 12.7. The molecule has 1 unspecified atom stereocenters. The lowest BCUT2D eigenvalue weighted by molar-refractivity contribution is 0.282. The SMILES string of the molecule is CCCC(C)(N)c1nc(Cc2ccc(C)c(C)c2)no1. The van der Waals surface area contributed by atoms with E-state index in [9.17, 15) is 0 Å². The average Bonchev–Trinajstić information content (AvgIpc) is 2.83. The summed E-state index contributed by atoms with van der Waals surface area (Å²) in [5.41, 5.74) is 9.42. The molecule has 0 aliphatic carbocycles. The van der Waals surface area contributed by atoms with Crippen molar-refractivity contribution in [3.05, 3.63) is 46.6 Å². The molecule has 1 aromatic carbocycles. The molecule has 108 valence electrons. The molecular weight excluding hydrogens is 250 g/mol. The van der Waals surface area contributed by atoms with Crippen LogP contribution in [0.3, 0.4) is 0 Å². The molecule has 1 aromatic heterocycles. The highest BCUT2D eigenvalue weighted by Crippen LogP contribution is 2.22. The first-order chi connectivity index (χ1) is 9.42. The maximum Gasteiger partial charge on any atom is 0.246 e. The smallest absolute Gasteiger partial charge is 0.246 e. The number of nitrogens with zero attached hydrogens (tertiary/aromatic N) is 2. The lowest BCUT2D eigenvalue weighted by atomic mass is 9.98. The Balaban J connectivity index is 2.15. The van der Waals surface area contributed by atoms with Gasteiger partial charge in [0.05, 0.1) is 5.54 Å². The summed E-state index contributed by atoms with van der Waals surface area (Å²) in [6.45, 7) is 8.25. The van der Waals surface area contributed by atoms with Crippen molar-refractivity contribution >= 4 is 0 Å². The molecule has 0 saturated heterocycles. The van der Waals surface area contributed by atoms with E-state index in [2.05, 4.69) is 49.1 Å². The van der Waals surface area contributed by atoms with Gasteiger partial charge in [-0.3, -0.25) is 0 Å². The predicted octanol–water partition coefficient (Wildman–Crippen LogP) is 3.25. The number of aromatic nitrogens is 2. The van der Waals surface area contributed by atoms with Crippen molar-refractivity contribution in [3.8, 4) is 0 Å². The minimum atomic E-state index is -0.538. The van der Waals surface area contributed by atoms with Gasteiger partial charge in [-0.2, -0.15) is 4.98 Å². The molecule has 0 aliphatic rings. The van der Waals surface area contributed by atoms with Crippen LogP contribution in [0.5, 0.6) is 0 Å². The molecule has 1 atom stereocenters. The van der Waals surface area contributed by atoms with Crippen LogP contribution in [0, 0.1) is 13.8 Å². The monoisotopic (exact) mass is 273 g/mol. The number of nitrogens with two attached hydrogens (primary N) is 1. The Morgan fingerprint density at radius 2 is 2.00 bits per heavy atom. The Kier molecular flexibility index (Phi) is 4.23. The van der Waals surface area contributed by atoms with Crippen LogP contribution in [-0.2, 0) is 12.0 Å².